The molecule has 0 aliphatic carbocycles. The van der Waals surface area contributed by atoms with Gasteiger partial charge in [-0.1, -0.05) is 13.8 Å². The number of hydrogen-bond acceptors (Lipinski definition) is 3. The maximum absolute atomic E-state index is 11.8. The number of hydrogen-bond donors (Lipinski definition) is 0. The summed E-state index contributed by atoms with van der Waals surface area (Å²) in [5.74, 6) is 0.212. The van der Waals surface area contributed by atoms with Crippen molar-refractivity contribution in [2.45, 2.75) is 39.5 Å². The Balaban J connectivity index is 2.38. The van der Waals surface area contributed by atoms with Gasteiger partial charge in [0.25, 0.3) is 0 Å². The molecule has 18 heavy (non-hydrogen) atoms. The zero-order valence-corrected chi connectivity index (χ0v) is 11.3. The molecule has 0 aromatic rings. The molecule has 5 nitrogen and oxygen atoms in total. The lowest BCUT2D eigenvalue weighted by Crippen LogP contribution is -2.54. The molecule has 0 N–H and O–H groups in total. The maximum atomic E-state index is 11.8. The van der Waals surface area contributed by atoms with Crippen molar-refractivity contribution in [1.29, 1.82) is 0 Å². The van der Waals surface area contributed by atoms with Crippen LogP contribution in [0.15, 0.2) is 0 Å². The Morgan fingerprint density at radius 2 is 1.61 bits per heavy atom. The SMILES string of the molecule is CCCN1CC(=O)N(CCCC(=O)CC)CC1=O. The molecular weight excluding hydrogens is 232 g/mol. The van der Waals surface area contributed by atoms with E-state index in [1.807, 2.05) is 13.8 Å². The van der Waals surface area contributed by atoms with Crippen molar-refractivity contribution in [3.8, 4) is 0 Å². The lowest BCUT2D eigenvalue weighted by Gasteiger charge is -2.33. The topological polar surface area (TPSA) is 57.7 Å². The molecular formula is C13H22N2O3. The van der Waals surface area contributed by atoms with E-state index in [0.29, 0.717) is 32.4 Å². The monoisotopic (exact) mass is 254 g/mol. The minimum atomic E-state index is -0.00741. The van der Waals surface area contributed by atoms with E-state index in [2.05, 4.69) is 0 Å². The Labute approximate surface area is 108 Å². The van der Waals surface area contributed by atoms with Crippen molar-refractivity contribution in [2.75, 3.05) is 26.2 Å². The second-order valence-electron chi connectivity index (χ2n) is 4.63. The largest absolute Gasteiger partial charge is 0.332 e. The second kappa shape index (κ2) is 7.13. The van der Waals surface area contributed by atoms with E-state index in [1.54, 1.807) is 9.80 Å². The molecule has 1 rings (SSSR count). The summed E-state index contributed by atoms with van der Waals surface area (Å²) in [6.45, 7) is 5.33. The van der Waals surface area contributed by atoms with Gasteiger partial charge in [-0.15, -0.1) is 0 Å². The van der Waals surface area contributed by atoms with Gasteiger partial charge in [0.2, 0.25) is 11.8 Å². The van der Waals surface area contributed by atoms with Gasteiger partial charge in [0.1, 0.15) is 5.78 Å². The third kappa shape index (κ3) is 4.13. The van der Waals surface area contributed by atoms with Crippen LogP contribution in [0.4, 0.5) is 0 Å². The predicted octanol–water partition coefficient (Wildman–Crippen LogP) is 0.826. The molecule has 102 valence electrons. The van der Waals surface area contributed by atoms with Gasteiger partial charge in [0, 0.05) is 25.9 Å². The molecule has 0 spiro atoms. The number of Topliss-reactive ketones (excluding diaryl/α,β-unsaturated/α-hetero) is 1. The van der Waals surface area contributed by atoms with Gasteiger partial charge in [-0.25, -0.2) is 0 Å². The van der Waals surface area contributed by atoms with Gasteiger partial charge < -0.3 is 9.80 Å². The van der Waals surface area contributed by atoms with Gasteiger partial charge in [-0.3, -0.25) is 14.4 Å². The normalized spacial score (nSPS) is 16.3. The predicted molar refractivity (Wildman–Crippen MR) is 68.0 cm³/mol. The first-order valence-electron chi connectivity index (χ1n) is 6.65. The molecule has 1 fully saturated rings. The lowest BCUT2D eigenvalue weighted by molar-refractivity contribution is -0.150. The average Bonchev–Trinajstić information content (AvgIpc) is 2.35. The van der Waals surface area contributed by atoms with E-state index in [9.17, 15) is 14.4 Å². The average molecular weight is 254 g/mol. The molecule has 0 radical (unpaired) electrons. The van der Waals surface area contributed by atoms with Crippen molar-refractivity contribution in [1.82, 2.24) is 9.80 Å². The van der Waals surface area contributed by atoms with Crippen LogP contribution in [0.2, 0.25) is 0 Å². The van der Waals surface area contributed by atoms with Crippen LogP contribution < -0.4 is 0 Å². The number of ketones is 1. The summed E-state index contributed by atoms with van der Waals surface area (Å²) >= 11 is 0. The van der Waals surface area contributed by atoms with Crippen molar-refractivity contribution in [2.24, 2.45) is 0 Å². The first-order valence-corrected chi connectivity index (χ1v) is 6.65. The standard InChI is InChI=1S/C13H22N2O3/c1-3-7-14-9-13(18)15(10-12(14)17)8-5-6-11(16)4-2/h3-10H2,1-2H3. The van der Waals surface area contributed by atoms with E-state index in [0.717, 1.165) is 6.42 Å². The fourth-order valence-electron chi connectivity index (χ4n) is 2.02. The molecule has 0 atom stereocenters. The summed E-state index contributed by atoms with van der Waals surface area (Å²) in [6.07, 6.45) is 2.55. The molecule has 1 heterocycles. The molecule has 1 saturated heterocycles. The quantitative estimate of drug-likeness (QED) is 0.676. The highest BCUT2D eigenvalue weighted by molar-refractivity contribution is 5.92. The first kappa shape index (κ1) is 14.7. The van der Waals surface area contributed by atoms with Gasteiger partial charge in [0.05, 0.1) is 13.1 Å². The maximum Gasteiger partial charge on any atom is 0.242 e. The summed E-state index contributed by atoms with van der Waals surface area (Å²) in [5.41, 5.74) is 0. The highest BCUT2D eigenvalue weighted by atomic mass is 16.2. The van der Waals surface area contributed by atoms with E-state index >= 15 is 0 Å². The molecule has 0 saturated carbocycles. The van der Waals surface area contributed by atoms with Crippen LogP contribution in [0.5, 0.6) is 0 Å². The van der Waals surface area contributed by atoms with Crippen LogP contribution >= 0.6 is 0 Å². The lowest BCUT2D eigenvalue weighted by atomic mass is 10.1. The fraction of sp³-hybridized carbons (Fsp3) is 0.769. The number of nitrogens with zero attached hydrogens (tertiary/aromatic N) is 2. The van der Waals surface area contributed by atoms with Crippen LogP contribution in [-0.2, 0) is 14.4 Å². The second-order valence-corrected chi connectivity index (χ2v) is 4.63. The van der Waals surface area contributed by atoms with Crippen molar-refractivity contribution in [3.05, 3.63) is 0 Å². The van der Waals surface area contributed by atoms with Crippen LogP contribution in [-0.4, -0.2) is 53.6 Å². The number of piperazine rings is 1. The van der Waals surface area contributed by atoms with E-state index in [1.165, 1.54) is 0 Å². The van der Waals surface area contributed by atoms with Crippen LogP contribution in [0.3, 0.4) is 0 Å². The smallest absolute Gasteiger partial charge is 0.242 e. The Bertz CT molecular complexity index is 328. The van der Waals surface area contributed by atoms with Crippen molar-refractivity contribution < 1.29 is 14.4 Å². The summed E-state index contributed by atoms with van der Waals surface area (Å²) in [4.78, 5) is 37.9. The number of amides is 2. The zero-order chi connectivity index (χ0) is 13.5. The van der Waals surface area contributed by atoms with Crippen LogP contribution in [0.25, 0.3) is 0 Å². The number of carbonyl (C=O) groups is 3. The molecule has 0 unspecified atom stereocenters. The highest BCUT2D eigenvalue weighted by Gasteiger charge is 2.28. The molecule has 1 aliphatic heterocycles. The van der Waals surface area contributed by atoms with E-state index in [-0.39, 0.29) is 30.7 Å². The minimum absolute atomic E-state index is 0.00741. The van der Waals surface area contributed by atoms with E-state index in [4.69, 9.17) is 0 Å². The van der Waals surface area contributed by atoms with Gasteiger partial charge in [-0.2, -0.15) is 0 Å². The van der Waals surface area contributed by atoms with Gasteiger partial charge in [-0.05, 0) is 12.8 Å². The summed E-state index contributed by atoms with van der Waals surface area (Å²) < 4.78 is 0. The Hall–Kier alpha value is -1.39. The van der Waals surface area contributed by atoms with Crippen LogP contribution in [0.1, 0.15) is 39.5 Å². The summed E-state index contributed by atoms with van der Waals surface area (Å²) in [6, 6.07) is 0. The van der Waals surface area contributed by atoms with Crippen molar-refractivity contribution >= 4 is 17.6 Å². The minimum Gasteiger partial charge on any atom is -0.332 e. The summed E-state index contributed by atoms with van der Waals surface area (Å²) in [7, 11) is 0. The molecule has 5 heteroatoms. The third-order valence-corrected chi connectivity index (χ3v) is 3.13. The molecule has 2 amide bonds. The van der Waals surface area contributed by atoms with E-state index < -0.39 is 0 Å². The summed E-state index contributed by atoms with van der Waals surface area (Å²) in [5, 5.41) is 0. The Kier molecular flexibility index (Phi) is 5.82. The van der Waals surface area contributed by atoms with Gasteiger partial charge >= 0.3 is 0 Å². The Morgan fingerprint density at radius 3 is 2.11 bits per heavy atom. The zero-order valence-electron chi connectivity index (χ0n) is 11.3. The first-order chi connectivity index (χ1) is 8.58. The van der Waals surface area contributed by atoms with Gasteiger partial charge in [0.15, 0.2) is 0 Å². The molecule has 0 aromatic heterocycles. The molecule has 0 bridgehead atoms. The van der Waals surface area contributed by atoms with Crippen molar-refractivity contribution in [3.63, 3.8) is 0 Å². The third-order valence-electron chi connectivity index (χ3n) is 3.13. The number of rotatable bonds is 7. The number of carbonyl (C=O) groups excluding carboxylic acids is 3. The van der Waals surface area contributed by atoms with Crippen LogP contribution in [0, 0.1) is 0 Å². The molecule has 0 aromatic carbocycles. The molecule has 1 aliphatic rings. The Morgan fingerprint density at radius 1 is 1.06 bits per heavy atom. The highest BCUT2D eigenvalue weighted by Crippen LogP contribution is 2.07. The fourth-order valence-corrected chi connectivity index (χ4v) is 2.02.